The molecule has 0 unspecified atom stereocenters. The van der Waals surface area contributed by atoms with E-state index in [2.05, 4.69) is 15.6 Å². The lowest BCUT2D eigenvalue weighted by molar-refractivity contribution is 0.248. The second-order valence-electron chi connectivity index (χ2n) is 5.18. The fourth-order valence-electron chi connectivity index (χ4n) is 2.72. The quantitative estimate of drug-likeness (QED) is 0.734. The van der Waals surface area contributed by atoms with Crippen LogP contribution < -0.4 is 16.4 Å². The lowest BCUT2D eigenvalue weighted by atomic mass is 10.1. The van der Waals surface area contributed by atoms with Gasteiger partial charge >= 0.3 is 6.03 Å². The van der Waals surface area contributed by atoms with Crippen molar-refractivity contribution in [1.82, 2.24) is 10.3 Å². The standard InChI is InChI=1S/C15H18N4O/c16-12-7-8-13(11-6-3-9-17-14(11)12)19-15(20)18-10-4-1-2-5-10/h3,6-10H,1-2,4-5,16H2,(H2,18,19,20). The van der Waals surface area contributed by atoms with Gasteiger partial charge in [0.2, 0.25) is 0 Å². The zero-order valence-electron chi connectivity index (χ0n) is 11.2. The summed E-state index contributed by atoms with van der Waals surface area (Å²) >= 11 is 0. The van der Waals surface area contributed by atoms with Gasteiger partial charge in [0.05, 0.1) is 16.9 Å². The molecule has 5 heteroatoms. The van der Waals surface area contributed by atoms with Crippen LogP contribution in [0.4, 0.5) is 16.2 Å². The van der Waals surface area contributed by atoms with Crippen LogP contribution in [-0.4, -0.2) is 17.1 Å². The van der Waals surface area contributed by atoms with Crippen LogP contribution in [0.1, 0.15) is 25.7 Å². The molecule has 0 saturated heterocycles. The maximum Gasteiger partial charge on any atom is 0.319 e. The third-order valence-corrected chi connectivity index (χ3v) is 3.74. The van der Waals surface area contributed by atoms with Crippen LogP contribution >= 0.6 is 0 Å². The molecule has 2 aromatic rings. The van der Waals surface area contributed by atoms with Crippen molar-refractivity contribution in [3.8, 4) is 0 Å². The number of nitrogen functional groups attached to an aromatic ring is 1. The van der Waals surface area contributed by atoms with Crippen LogP contribution in [0.25, 0.3) is 10.9 Å². The Balaban J connectivity index is 1.80. The largest absolute Gasteiger partial charge is 0.397 e. The molecule has 3 rings (SSSR count). The number of pyridine rings is 1. The molecular formula is C15H18N4O. The van der Waals surface area contributed by atoms with Gasteiger partial charge in [-0.1, -0.05) is 12.8 Å². The number of rotatable bonds is 2. The second-order valence-corrected chi connectivity index (χ2v) is 5.18. The number of carbonyl (C=O) groups excluding carboxylic acids is 1. The number of amides is 2. The Morgan fingerprint density at radius 1 is 1.25 bits per heavy atom. The summed E-state index contributed by atoms with van der Waals surface area (Å²) in [5, 5.41) is 6.75. The molecule has 0 aliphatic heterocycles. The van der Waals surface area contributed by atoms with E-state index in [0.717, 1.165) is 23.9 Å². The van der Waals surface area contributed by atoms with Crippen LogP contribution in [-0.2, 0) is 0 Å². The van der Waals surface area contributed by atoms with Gasteiger partial charge < -0.3 is 16.4 Å². The lowest BCUT2D eigenvalue weighted by Crippen LogP contribution is -2.36. The minimum absolute atomic E-state index is 0.160. The molecule has 1 aromatic carbocycles. The van der Waals surface area contributed by atoms with E-state index in [0.29, 0.717) is 17.2 Å². The second kappa shape index (κ2) is 5.36. The molecule has 5 nitrogen and oxygen atoms in total. The van der Waals surface area contributed by atoms with E-state index in [1.54, 1.807) is 12.3 Å². The highest BCUT2D eigenvalue weighted by Gasteiger charge is 2.17. The average Bonchev–Trinajstić information content (AvgIpc) is 2.95. The van der Waals surface area contributed by atoms with Gasteiger partial charge in [0.15, 0.2) is 0 Å². The molecule has 1 fully saturated rings. The van der Waals surface area contributed by atoms with Crippen molar-refractivity contribution >= 4 is 28.3 Å². The smallest absolute Gasteiger partial charge is 0.319 e. The molecule has 0 radical (unpaired) electrons. The Kier molecular flexibility index (Phi) is 3.41. The molecular weight excluding hydrogens is 252 g/mol. The summed E-state index contributed by atoms with van der Waals surface area (Å²) in [6.45, 7) is 0. The number of hydrogen-bond donors (Lipinski definition) is 3. The summed E-state index contributed by atoms with van der Waals surface area (Å²) in [7, 11) is 0. The molecule has 1 saturated carbocycles. The summed E-state index contributed by atoms with van der Waals surface area (Å²) in [5.41, 5.74) is 7.96. The third kappa shape index (κ3) is 2.52. The van der Waals surface area contributed by atoms with Crippen molar-refractivity contribution in [3.63, 3.8) is 0 Å². The summed E-state index contributed by atoms with van der Waals surface area (Å²) in [4.78, 5) is 16.3. The number of urea groups is 1. The molecule has 104 valence electrons. The first-order valence-corrected chi connectivity index (χ1v) is 6.95. The minimum Gasteiger partial charge on any atom is -0.397 e. The predicted octanol–water partition coefficient (Wildman–Crippen LogP) is 2.88. The molecule has 1 aliphatic carbocycles. The summed E-state index contributed by atoms with van der Waals surface area (Å²) in [6.07, 6.45) is 6.22. The number of carbonyl (C=O) groups is 1. The van der Waals surface area contributed by atoms with Crippen molar-refractivity contribution in [2.75, 3.05) is 11.1 Å². The Hall–Kier alpha value is -2.30. The van der Waals surface area contributed by atoms with Crippen LogP contribution in [0.3, 0.4) is 0 Å². The van der Waals surface area contributed by atoms with Crippen molar-refractivity contribution in [2.45, 2.75) is 31.7 Å². The number of anilines is 2. The highest BCUT2D eigenvalue weighted by atomic mass is 16.2. The normalized spacial score (nSPS) is 15.4. The minimum atomic E-state index is -0.160. The van der Waals surface area contributed by atoms with Gasteiger partial charge in [-0.15, -0.1) is 0 Å². The van der Waals surface area contributed by atoms with E-state index in [1.165, 1.54) is 12.8 Å². The monoisotopic (exact) mass is 270 g/mol. The van der Waals surface area contributed by atoms with Crippen molar-refractivity contribution in [3.05, 3.63) is 30.5 Å². The van der Waals surface area contributed by atoms with E-state index in [9.17, 15) is 4.79 Å². The van der Waals surface area contributed by atoms with Gasteiger partial charge in [0.1, 0.15) is 0 Å². The summed E-state index contributed by atoms with van der Waals surface area (Å²) in [6, 6.07) is 7.46. The summed E-state index contributed by atoms with van der Waals surface area (Å²) in [5.74, 6) is 0. The maximum atomic E-state index is 12.0. The number of fused-ring (bicyclic) bond motifs is 1. The van der Waals surface area contributed by atoms with Gasteiger partial charge in [0.25, 0.3) is 0 Å². The van der Waals surface area contributed by atoms with E-state index in [1.807, 2.05) is 18.2 Å². The van der Waals surface area contributed by atoms with Gasteiger partial charge in [-0.2, -0.15) is 0 Å². The van der Waals surface area contributed by atoms with Crippen LogP contribution in [0.5, 0.6) is 0 Å². The fourth-order valence-corrected chi connectivity index (χ4v) is 2.72. The number of nitrogens with zero attached hydrogens (tertiary/aromatic N) is 1. The van der Waals surface area contributed by atoms with E-state index < -0.39 is 0 Å². The van der Waals surface area contributed by atoms with Gasteiger partial charge in [-0.3, -0.25) is 4.98 Å². The molecule has 1 aliphatic rings. The molecule has 1 aromatic heterocycles. The number of nitrogens with one attached hydrogen (secondary N) is 2. The van der Waals surface area contributed by atoms with Crippen molar-refractivity contribution in [2.24, 2.45) is 0 Å². The van der Waals surface area contributed by atoms with Crippen molar-refractivity contribution < 1.29 is 4.79 Å². The van der Waals surface area contributed by atoms with E-state index in [-0.39, 0.29) is 6.03 Å². The Labute approximate surface area is 117 Å². The number of benzene rings is 1. The molecule has 1 heterocycles. The zero-order chi connectivity index (χ0) is 13.9. The van der Waals surface area contributed by atoms with E-state index >= 15 is 0 Å². The Morgan fingerprint density at radius 3 is 2.85 bits per heavy atom. The third-order valence-electron chi connectivity index (χ3n) is 3.74. The maximum absolute atomic E-state index is 12.0. The lowest BCUT2D eigenvalue weighted by Gasteiger charge is -2.14. The zero-order valence-corrected chi connectivity index (χ0v) is 11.2. The van der Waals surface area contributed by atoms with Gasteiger partial charge in [-0.25, -0.2) is 4.79 Å². The Bertz CT molecular complexity index is 635. The van der Waals surface area contributed by atoms with Crippen molar-refractivity contribution in [1.29, 1.82) is 0 Å². The molecule has 0 bridgehead atoms. The van der Waals surface area contributed by atoms with E-state index in [4.69, 9.17) is 5.73 Å². The molecule has 0 spiro atoms. The highest BCUT2D eigenvalue weighted by Crippen LogP contribution is 2.26. The average molecular weight is 270 g/mol. The topological polar surface area (TPSA) is 80.0 Å². The predicted molar refractivity (Wildman–Crippen MR) is 80.6 cm³/mol. The van der Waals surface area contributed by atoms with Gasteiger partial charge in [-0.05, 0) is 37.1 Å². The first-order valence-electron chi connectivity index (χ1n) is 6.95. The van der Waals surface area contributed by atoms with Crippen LogP contribution in [0.2, 0.25) is 0 Å². The number of nitrogens with two attached hydrogens (primary N) is 1. The molecule has 0 atom stereocenters. The Morgan fingerprint density at radius 2 is 2.05 bits per heavy atom. The SMILES string of the molecule is Nc1ccc(NC(=O)NC2CCCC2)c2cccnc12. The van der Waals surface area contributed by atoms with Crippen LogP contribution in [0, 0.1) is 0 Å². The molecule has 20 heavy (non-hydrogen) atoms. The van der Waals surface area contributed by atoms with Crippen LogP contribution in [0.15, 0.2) is 30.5 Å². The molecule has 2 amide bonds. The van der Waals surface area contributed by atoms with Gasteiger partial charge in [0, 0.05) is 17.6 Å². The fraction of sp³-hybridized carbons (Fsp3) is 0.333. The first-order chi connectivity index (χ1) is 9.74. The summed E-state index contributed by atoms with van der Waals surface area (Å²) < 4.78 is 0. The first kappa shape index (κ1) is 12.7. The number of hydrogen-bond acceptors (Lipinski definition) is 3. The number of aromatic nitrogens is 1. The molecule has 4 N–H and O–H groups in total. The highest BCUT2D eigenvalue weighted by molar-refractivity contribution is 6.04.